The lowest BCUT2D eigenvalue weighted by Crippen LogP contribution is -2.10. The molecule has 0 unspecified atom stereocenters. The number of furan rings is 1. The van der Waals surface area contributed by atoms with Crippen molar-refractivity contribution in [3.05, 3.63) is 58.6 Å². The van der Waals surface area contributed by atoms with Crippen molar-refractivity contribution in [3.63, 3.8) is 0 Å². The summed E-state index contributed by atoms with van der Waals surface area (Å²) in [5.74, 6) is 6.56. The second-order valence-corrected chi connectivity index (χ2v) is 4.41. The summed E-state index contributed by atoms with van der Waals surface area (Å²) in [5, 5.41) is 22.2. The van der Waals surface area contributed by atoms with E-state index >= 15 is 0 Å². The second kappa shape index (κ2) is 8.66. The molecule has 1 aromatic carbocycles. The summed E-state index contributed by atoms with van der Waals surface area (Å²) >= 11 is 0. The number of hydrogen-bond donors (Lipinski definition) is 2. The first kappa shape index (κ1) is 19.9. The van der Waals surface area contributed by atoms with Crippen LogP contribution in [0.5, 0.6) is 0 Å². The first-order valence-corrected chi connectivity index (χ1v) is 6.43. The molecule has 3 N–H and O–H groups in total. The summed E-state index contributed by atoms with van der Waals surface area (Å²) in [4.78, 5) is 10.6. The van der Waals surface area contributed by atoms with E-state index in [4.69, 9.17) is 10.3 Å². The third-order valence-electron chi connectivity index (χ3n) is 2.92. The standard InChI is InChI=1S/C13H11N7O3.2ClH/c14-19-8-16-18-13(19)17-15-7-9-5-6-12(23-9)10-3-1-2-4-11(10)20(21)22;;/h1-8H,14H2,(H,17,18);2*1H. The van der Waals surface area contributed by atoms with Gasteiger partial charge in [0.2, 0.25) is 0 Å². The van der Waals surface area contributed by atoms with E-state index in [-0.39, 0.29) is 36.4 Å². The van der Waals surface area contributed by atoms with Crippen LogP contribution in [-0.4, -0.2) is 26.0 Å². The number of nitro benzene ring substituents is 1. The van der Waals surface area contributed by atoms with Gasteiger partial charge in [-0.2, -0.15) is 5.10 Å². The molecule has 2 aromatic heterocycles. The molecule has 2 heterocycles. The molecule has 10 nitrogen and oxygen atoms in total. The van der Waals surface area contributed by atoms with E-state index in [0.717, 1.165) is 4.68 Å². The van der Waals surface area contributed by atoms with E-state index in [0.29, 0.717) is 17.1 Å². The van der Waals surface area contributed by atoms with Crippen molar-refractivity contribution in [3.8, 4) is 11.3 Å². The molecule has 0 aliphatic heterocycles. The number of nitrogen functional groups attached to an aromatic ring is 1. The molecule has 0 bridgehead atoms. The fourth-order valence-electron chi connectivity index (χ4n) is 1.88. The average molecular weight is 386 g/mol. The Morgan fingerprint density at radius 1 is 1.28 bits per heavy atom. The van der Waals surface area contributed by atoms with Crippen LogP contribution in [0.3, 0.4) is 0 Å². The van der Waals surface area contributed by atoms with Crippen molar-refractivity contribution in [1.29, 1.82) is 0 Å². The van der Waals surface area contributed by atoms with Gasteiger partial charge in [0.25, 0.3) is 11.6 Å². The van der Waals surface area contributed by atoms with Gasteiger partial charge < -0.3 is 10.3 Å². The Kier molecular flexibility index (Phi) is 6.91. The van der Waals surface area contributed by atoms with Crippen molar-refractivity contribution in [2.24, 2.45) is 5.10 Å². The number of hydrazone groups is 1. The van der Waals surface area contributed by atoms with Crippen LogP contribution in [0, 0.1) is 10.1 Å². The number of halogens is 2. The van der Waals surface area contributed by atoms with E-state index in [1.54, 1.807) is 30.3 Å². The minimum absolute atomic E-state index is 0. The summed E-state index contributed by atoms with van der Waals surface area (Å²) in [6.45, 7) is 0. The molecule has 0 fully saturated rings. The van der Waals surface area contributed by atoms with Gasteiger partial charge in [0, 0.05) is 6.07 Å². The zero-order valence-corrected chi connectivity index (χ0v) is 14.1. The molecule has 12 heteroatoms. The number of nitro groups is 1. The third kappa shape index (κ3) is 4.46. The van der Waals surface area contributed by atoms with Gasteiger partial charge in [-0.05, 0) is 18.2 Å². The molecule has 0 aliphatic carbocycles. The number of nitrogens with one attached hydrogen (secondary N) is 1. The SMILES string of the molecule is Cl.Cl.Nn1cnnc1NN=Cc1ccc(-c2ccccc2[N+](=O)[O-])o1. The van der Waals surface area contributed by atoms with Gasteiger partial charge in [-0.15, -0.1) is 35.0 Å². The highest BCUT2D eigenvalue weighted by Gasteiger charge is 2.16. The van der Waals surface area contributed by atoms with Crippen LogP contribution in [0.15, 0.2) is 52.2 Å². The largest absolute Gasteiger partial charge is 0.455 e. The third-order valence-corrected chi connectivity index (χ3v) is 2.92. The smallest absolute Gasteiger partial charge is 0.280 e. The monoisotopic (exact) mass is 385 g/mol. The van der Waals surface area contributed by atoms with Gasteiger partial charge in [-0.1, -0.05) is 12.1 Å². The maximum absolute atomic E-state index is 11.0. The number of benzene rings is 1. The van der Waals surface area contributed by atoms with E-state index in [2.05, 4.69) is 20.7 Å². The number of para-hydroxylation sites is 1. The van der Waals surface area contributed by atoms with Gasteiger partial charge in [0.15, 0.2) is 0 Å². The van der Waals surface area contributed by atoms with E-state index < -0.39 is 4.92 Å². The Morgan fingerprint density at radius 2 is 2.04 bits per heavy atom. The minimum atomic E-state index is -0.457. The van der Waals surface area contributed by atoms with Crippen LogP contribution in [0.25, 0.3) is 11.3 Å². The summed E-state index contributed by atoms with van der Waals surface area (Å²) in [5.41, 5.74) is 2.95. The molecule has 0 aliphatic rings. The highest BCUT2D eigenvalue weighted by atomic mass is 35.5. The number of hydrogen-bond acceptors (Lipinski definition) is 8. The van der Waals surface area contributed by atoms with Gasteiger partial charge >= 0.3 is 0 Å². The number of rotatable bonds is 5. The fraction of sp³-hybridized carbons (Fsp3) is 0. The van der Waals surface area contributed by atoms with Crippen molar-refractivity contribution >= 4 is 42.7 Å². The molecule has 0 radical (unpaired) electrons. The zero-order chi connectivity index (χ0) is 16.2. The maximum Gasteiger partial charge on any atom is 0.280 e. The fourth-order valence-corrected chi connectivity index (χ4v) is 1.88. The summed E-state index contributed by atoms with van der Waals surface area (Å²) in [6.07, 6.45) is 2.71. The van der Waals surface area contributed by atoms with Crippen molar-refractivity contribution in [2.45, 2.75) is 0 Å². The van der Waals surface area contributed by atoms with Gasteiger partial charge in [0.05, 0.1) is 16.7 Å². The zero-order valence-electron chi connectivity index (χ0n) is 12.5. The Balaban J connectivity index is 0.00000156. The van der Waals surface area contributed by atoms with Crippen LogP contribution in [0.1, 0.15) is 5.76 Å². The van der Waals surface area contributed by atoms with Crippen LogP contribution < -0.4 is 11.3 Å². The lowest BCUT2D eigenvalue weighted by atomic mass is 10.1. The first-order valence-electron chi connectivity index (χ1n) is 6.43. The van der Waals surface area contributed by atoms with Gasteiger partial charge in [0.1, 0.15) is 17.8 Å². The summed E-state index contributed by atoms with van der Waals surface area (Å²) < 4.78 is 6.71. The molecule has 0 atom stereocenters. The van der Waals surface area contributed by atoms with Crippen LogP contribution >= 0.6 is 24.8 Å². The normalized spacial score (nSPS) is 10.1. The number of aromatic nitrogens is 3. The molecule has 0 saturated carbocycles. The molecule has 3 rings (SSSR count). The Morgan fingerprint density at radius 3 is 2.72 bits per heavy atom. The second-order valence-electron chi connectivity index (χ2n) is 4.41. The van der Waals surface area contributed by atoms with E-state index in [9.17, 15) is 10.1 Å². The molecular weight excluding hydrogens is 373 g/mol. The van der Waals surface area contributed by atoms with Crippen molar-refractivity contribution < 1.29 is 9.34 Å². The number of anilines is 1. The molecular formula is C13H13Cl2N7O3. The lowest BCUT2D eigenvalue weighted by molar-refractivity contribution is -0.384. The quantitative estimate of drug-likeness (QED) is 0.297. The molecule has 0 spiro atoms. The highest BCUT2D eigenvalue weighted by molar-refractivity contribution is 5.85. The molecule has 0 saturated heterocycles. The predicted octanol–water partition coefficient (Wildman–Crippen LogP) is 2.45. The summed E-state index contributed by atoms with van der Waals surface area (Å²) in [7, 11) is 0. The average Bonchev–Trinajstić information content (AvgIpc) is 3.17. The van der Waals surface area contributed by atoms with Crippen molar-refractivity contribution in [2.75, 3.05) is 11.3 Å². The number of nitrogens with zero attached hydrogens (tertiary/aromatic N) is 5. The number of nitrogens with two attached hydrogens (primary N) is 1. The molecule has 132 valence electrons. The molecule has 25 heavy (non-hydrogen) atoms. The molecule has 0 amide bonds. The molecule has 3 aromatic rings. The lowest BCUT2D eigenvalue weighted by Gasteiger charge is -1.98. The van der Waals surface area contributed by atoms with Gasteiger partial charge in [-0.25, -0.2) is 10.1 Å². The summed E-state index contributed by atoms with van der Waals surface area (Å²) in [6, 6.07) is 9.61. The predicted molar refractivity (Wildman–Crippen MR) is 96.7 cm³/mol. The first-order chi connectivity index (χ1) is 11.1. The topological polar surface area (TPSA) is 137 Å². The Labute approximate surface area is 153 Å². The Bertz CT molecular complexity index is 878. The van der Waals surface area contributed by atoms with Gasteiger partial charge in [-0.3, -0.25) is 10.1 Å². The van der Waals surface area contributed by atoms with Crippen LogP contribution in [0.4, 0.5) is 11.6 Å². The highest BCUT2D eigenvalue weighted by Crippen LogP contribution is 2.30. The Hall–Kier alpha value is -3.11. The van der Waals surface area contributed by atoms with Crippen molar-refractivity contribution in [1.82, 2.24) is 14.9 Å². The van der Waals surface area contributed by atoms with E-state index in [1.807, 2.05) is 0 Å². The van der Waals surface area contributed by atoms with Crippen LogP contribution in [-0.2, 0) is 0 Å². The minimum Gasteiger partial charge on any atom is -0.455 e. The van der Waals surface area contributed by atoms with E-state index in [1.165, 1.54) is 18.6 Å². The maximum atomic E-state index is 11.0. The van der Waals surface area contributed by atoms with Crippen LogP contribution in [0.2, 0.25) is 0 Å².